The normalized spacial score (nSPS) is 14.4. The van der Waals surface area contributed by atoms with Crippen molar-refractivity contribution in [1.29, 1.82) is 0 Å². The third-order valence-corrected chi connectivity index (χ3v) is 3.35. The van der Waals surface area contributed by atoms with Crippen molar-refractivity contribution < 1.29 is 19.8 Å². The van der Waals surface area contributed by atoms with Crippen LogP contribution in [-0.2, 0) is 9.59 Å². The average molecular weight is 262 g/mol. The summed E-state index contributed by atoms with van der Waals surface area (Å²) in [4.78, 5) is 20.7. The molecule has 0 aromatic carbocycles. The molecule has 0 aliphatic carbocycles. The van der Waals surface area contributed by atoms with E-state index >= 15 is 0 Å². The molecule has 0 bridgehead atoms. The second-order valence-electron chi connectivity index (χ2n) is 4.91. The lowest BCUT2D eigenvalue weighted by molar-refractivity contribution is -0.144. The summed E-state index contributed by atoms with van der Waals surface area (Å²) in [5, 5.41) is 17.0. The second-order valence-corrected chi connectivity index (χ2v) is 4.91. The Balaban J connectivity index is 0. The molecule has 0 amide bonds. The summed E-state index contributed by atoms with van der Waals surface area (Å²) < 4.78 is 0. The smallest absolute Gasteiger partial charge is 0.323 e. The second kappa shape index (κ2) is 7.33. The molecule has 0 rings (SSSR count). The van der Waals surface area contributed by atoms with Crippen molar-refractivity contribution in [2.45, 2.75) is 58.5 Å². The molecule has 0 radical (unpaired) electrons. The monoisotopic (exact) mass is 262 g/mol. The highest BCUT2D eigenvalue weighted by atomic mass is 16.4. The van der Waals surface area contributed by atoms with Gasteiger partial charge in [-0.3, -0.25) is 9.59 Å². The van der Waals surface area contributed by atoms with Crippen LogP contribution in [-0.4, -0.2) is 33.2 Å². The number of aliphatic carboxylic acids is 2. The van der Waals surface area contributed by atoms with Crippen LogP contribution in [0.3, 0.4) is 0 Å². The Labute approximate surface area is 108 Å². The minimum atomic E-state index is -1.08. The van der Waals surface area contributed by atoms with Gasteiger partial charge in [-0.05, 0) is 25.7 Å². The van der Waals surface area contributed by atoms with Crippen LogP contribution in [0.4, 0.5) is 0 Å². The molecular weight excluding hydrogens is 236 g/mol. The van der Waals surface area contributed by atoms with Crippen LogP contribution in [0.25, 0.3) is 0 Å². The first-order chi connectivity index (χ1) is 7.95. The lowest BCUT2D eigenvalue weighted by Gasteiger charge is -2.22. The molecule has 0 aliphatic heterocycles. The van der Waals surface area contributed by atoms with Crippen molar-refractivity contribution in [3.63, 3.8) is 0 Å². The predicted octanol–water partition coefficient (Wildman–Crippen LogP) is 1.03. The van der Waals surface area contributed by atoms with Gasteiger partial charge in [0.05, 0.1) is 0 Å². The highest BCUT2D eigenvalue weighted by Crippen LogP contribution is 2.12. The van der Waals surface area contributed by atoms with Crippen LogP contribution < -0.4 is 11.5 Å². The predicted molar refractivity (Wildman–Crippen MR) is 70.2 cm³/mol. The van der Waals surface area contributed by atoms with Gasteiger partial charge in [0, 0.05) is 0 Å². The Hall–Kier alpha value is -1.14. The summed E-state index contributed by atoms with van der Waals surface area (Å²) >= 11 is 0. The Morgan fingerprint density at radius 3 is 1.39 bits per heavy atom. The van der Waals surface area contributed by atoms with Gasteiger partial charge in [0.15, 0.2) is 0 Å². The van der Waals surface area contributed by atoms with Crippen LogP contribution in [0.1, 0.15) is 47.5 Å². The molecule has 1 atom stereocenters. The molecule has 6 N–H and O–H groups in total. The zero-order valence-corrected chi connectivity index (χ0v) is 11.9. The molecular formula is C12H26N2O4. The summed E-state index contributed by atoms with van der Waals surface area (Å²) in [6, 6.07) is 0. The highest BCUT2D eigenvalue weighted by Gasteiger charge is 2.31. The maximum absolute atomic E-state index is 10.4. The number of carboxylic acids is 2. The number of carboxylic acid groups (broad SMARTS) is 2. The molecule has 0 saturated carbocycles. The van der Waals surface area contributed by atoms with Gasteiger partial charge in [0.25, 0.3) is 0 Å². The van der Waals surface area contributed by atoms with E-state index in [-0.39, 0.29) is 5.92 Å². The fourth-order valence-electron chi connectivity index (χ4n) is 0.799. The molecule has 0 aliphatic rings. The number of hydrogen-bond acceptors (Lipinski definition) is 4. The van der Waals surface area contributed by atoms with E-state index in [1.54, 1.807) is 27.7 Å². The van der Waals surface area contributed by atoms with Crippen LogP contribution in [0.15, 0.2) is 0 Å². The SMILES string of the molecule is CC(C)C(C)(N)C(=O)O.CCC(N)(CC)C(=O)O. The van der Waals surface area contributed by atoms with Crippen molar-refractivity contribution in [3.05, 3.63) is 0 Å². The van der Waals surface area contributed by atoms with Gasteiger partial charge in [0.2, 0.25) is 0 Å². The van der Waals surface area contributed by atoms with Gasteiger partial charge in [-0.2, -0.15) is 0 Å². The van der Waals surface area contributed by atoms with Crippen molar-refractivity contribution in [2.75, 3.05) is 0 Å². The van der Waals surface area contributed by atoms with Crippen LogP contribution in [0.5, 0.6) is 0 Å². The molecule has 0 fully saturated rings. The fourth-order valence-corrected chi connectivity index (χ4v) is 0.799. The number of carbonyl (C=O) groups is 2. The molecule has 6 nitrogen and oxygen atoms in total. The van der Waals surface area contributed by atoms with E-state index in [2.05, 4.69) is 0 Å². The first-order valence-electron chi connectivity index (χ1n) is 6.00. The molecule has 0 aromatic rings. The van der Waals surface area contributed by atoms with E-state index < -0.39 is 23.0 Å². The van der Waals surface area contributed by atoms with Crippen molar-refractivity contribution in [1.82, 2.24) is 0 Å². The van der Waals surface area contributed by atoms with Gasteiger partial charge in [-0.1, -0.05) is 27.7 Å². The van der Waals surface area contributed by atoms with Gasteiger partial charge in [-0.25, -0.2) is 0 Å². The Morgan fingerprint density at radius 1 is 1.06 bits per heavy atom. The van der Waals surface area contributed by atoms with Gasteiger partial charge >= 0.3 is 11.9 Å². The Kier molecular flexibility index (Phi) is 7.82. The molecule has 18 heavy (non-hydrogen) atoms. The van der Waals surface area contributed by atoms with Crippen LogP contribution in [0.2, 0.25) is 0 Å². The minimum Gasteiger partial charge on any atom is -0.480 e. The first-order valence-corrected chi connectivity index (χ1v) is 6.00. The van der Waals surface area contributed by atoms with Crippen LogP contribution >= 0.6 is 0 Å². The summed E-state index contributed by atoms with van der Waals surface area (Å²) in [5.41, 5.74) is 8.76. The third-order valence-electron chi connectivity index (χ3n) is 3.35. The van der Waals surface area contributed by atoms with E-state index in [0.717, 1.165) is 0 Å². The zero-order chi connectivity index (χ0) is 15.1. The lowest BCUT2D eigenvalue weighted by atomic mass is 9.90. The maximum Gasteiger partial charge on any atom is 0.323 e. The van der Waals surface area contributed by atoms with Gasteiger partial charge in [-0.15, -0.1) is 0 Å². The Bertz CT molecular complexity index is 269. The summed E-state index contributed by atoms with van der Waals surface area (Å²) in [5.74, 6) is -1.89. The molecule has 0 saturated heterocycles. The average Bonchev–Trinajstić information content (AvgIpc) is 2.28. The fraction of sp³-hybridized carbons (Fsp3) is 0.833. The topological polar surface area (TPSA) is 127 Å². The Morgan fingerprint density at radius 2 is 1.39 bits per heavy atom. The zero-order valence-electron chi connectivity index (χ0n) is 11.9. The molecule has 1 unspecified atom stereocenters. The third kappa shape index (κ3) is 5.46. The van der Waals surface area contributed by atoms with E-state index in [4.69, 9.17) is 21.7 Å². The molecule has 6 heteroatoms. The molecule has 0 spiro atoms. The number of rotatable bonds is 5. The summed E-state index contributed by atoms with van der Waals surface area (Å²) in [7, 11) is 0. The number of nitrogens with two attached hydrogens (primary N) is 2. The summed E-state index contributed by atoms with van der Waals surface area (Å²) in [6.07, 6.45) is 0.970. The van der Waals surface area contributed by atoms with E-state index in [1.165, 1.54) is 6.92 Å². The van der Waals surface area contributed by atoms with Crippen molar-refractivity contribution in [2.24, 2.45) is 17.4 Å². The van der Waals surface area contributed by atoms with Crippen LogP contribution in [0, 0.1) is 5.92 Å². The van der Waals surface area contributed by atoms with Gasteiger partial charge < -0.3 is 21.7 Å². The van der Waals surface area contributed by atoms with E-state index in [9.17, 15) is 9.59 Å². The molecule has 108 valence electrons. The lowest BCUT2D eigenvalue weighted by Crippen LogP contribution is -2.49. The van der Waals surface area contributed by atoms with Crippen molar-refractivity contribution in [3.8, 4) is 0 Å². The first kappa shape index (κ1) is 19.2. The van der Waals surface area contributed by atoms with E-state index in [1.807, 2.05) is 0 Å². The number of hydrogen-bond donors (Lipinski definition) is 4. The summed E-state index contributed by atoms with van der Waals surface area (Å²) in [6.45, 7) is 8.64. The molecule has 0 heterocycles. The maximum atomic E-state index is 10.4. The highest BCUT2D eigenvalue weighted by molar-refractivity contribution is 5.78. The quantitative estimate of drug-likeness (QED) is 0.586. The largest absolute Gasteiger partial charge is 0.480 e. The van der Waals surface area contributed by atoms with E-state index in [0.29, 0.717) is 12.8 Å². The minimum absolute atomic E-state index is 0.0324. The van der Waals surface area contributed by atoms with Gasteiger partial charge in [0.1, 0.15) is 11.1 Å². The van der Waals surface area contributed by atoms with Crippen molar-refractivity contribution >= 4 is 11.9 Å². The standard InChI is InChI=1S/2C6H13NO2/c1-4(2)6(3,7)5(8)9;1-3-6(7,4-2)5(8)9/h4H,7H2,1-3H3,(H,8,9);3-4,7H2,1-2H3,(H,8,9). The molecule has 0 aromatic heterocycles.